The number of thioether (sulfide) groups is 1. The van der Waals surface area contributed by atoms with E-state index in [9.17, 15) is 4.79 Å². The Morgan fingerprint density at radius 1 is 1.04 bits per heavy atom. The number of carbonyl (C=O) groups is 1. The SMILES string of the molecule is COc1ccc(OC)c([C@H]2SCCN2C(=O)c2ccccc2OC)c1. The van der Waals surface area contributed by atoms with E-state index in [1.807, 2.05) is 35.2 Å². The van der Waals surface area contributed by atoms with Gasteiger partial charge in [0.05, 0.1) is 26.9 Å². The van der Waals surface area contributed by atoms with Crippen LogP contribution in [0.3, 0.4) is 0 Å². The molecule has 1 heterocycles. The standard InChI is InChI=1S/C19H21NO4S/c1-22-13-8-9-17(24-3)15(12-13)19-20(10-11-25-19)18(21)14-6-4-5-7-16(14)23-2/h4-9,12,19H,10-11H2,1-3H3/t19-/m1/s1. The fourth-order valence-electron chi connectivity index (χ4n) is 2.94. The van der Waals surface area contributed by atoms with Gasteiger partial charge in [-0.05, 0) is 30.3 Å². The second-order valence-corrected chi connectivity index (χ2v) is 6.72. The van der Waals surface area contributed by atoms with Gasteiger partial charge < -0.3 is 19.1 Å². The zero-order chi connectivity index (χ0) is 17.8. The first kappa shape index (κ1) is 17.5. The zero-order valence-corrected chi connectivity index (χ0v) is 15.3. The Morgan fingerprint density at radius 2 is 1.80 bits per heavy atom. The molecule has 3 rings (SSSR count). The molecule has 6 heteroatoms. The van der Waals surface area contributed by atoms with Crippen LogP contribution in [0.5, 0.6) is 17.2 Å². The first-order valence-corrected chi connectivity index (χ1v) is 9.02. The molecule has 132 valence electrons. The van der Waals surface area contributed by atoms with Gasteiger partial charge >= 0.3 is 0 Å². The van der Waals surface area contributed by atoms with E-state index in [0.717, 1.165) is 22.8 Å². The van der Waals surface area contributed by atoms with Crippen molar-refractivity contribution in [2.45, 2.75) is 5.37 Å². The highest BCUT2D eigenvalue weighted by molar-refractivity contribution is 7.99. The molecule has 1 aliphatic heterocycles. The lowest BCUT2D eigenvalue weighted by atomic mass is 10.1. The van der Waals surface area contributed by atoms with Gasteiger partial charge in [-0.2, -0.15) is 0 Å². The molecule has 0 aromatic heterocycles. The van der Waals surface area contributed by atoms with Crippen molar-refractivity contribution in [3.05, 3.63) is 53.6 Å². The van der Waals surface area contributed by atoms with Gasteiger partial charge in [-0.25, -0.2) is 0 Å². The minimum atomic E-state index is -0.123. The second kappa shape index (κ2) is 7.70. The highest BCUT2D eigenvalue weighted by Crippen LogP contribution is 2.44. The van der Waals surface area contributed by atoms with Crippen molar-refractivity contribution in [2.75, 3.05) is 33.6 Å². The Kier molecular flexibility index (Phi) is 5.38. The predicted molar refractivity (Wildman–Crippen MR) is 98.8 cm³/mol. The summed E-state index contributed by atoms with van der Waals surface area (Å²) in [5, 5.41) is -0.123. The molecule has 0 aliphatic carbocycles. The van der Waals surface area contributed by atoms with Crippen LogP contribution in [0, 0.1) is 0 Å². The quantitative estimate of drug-likeness (QED) is 0.816. The summed E-state index contributed by atoms with van der Waals surface area (Å²) < 4.78 is 16.2. The van der Waals surface area contributed by atoms with Crippen molar-refractivity contribution in [1.29, 1.82) is 0 Å². The molecule has 1 fully saturated rings. The summed E-state index contributed by atoms with van der Waals surface area (Å²) in [6.45, 7) is 0.673. The van der Waals surface area contributed by atoms with Gasteiger partial charge in [-0.1, -0.05) is 12.1 Å². The molecule has 0 N–H and O–H groups in total. The van der Waals surface area contributed by atoms with Crippen molar-refractivity contribution in [2.24, 2.45) is 0 Å². The van der Waals surface area contributed by atoms with Crippen LogP contribution in [-0.2, 0) is 0 Å². The van der Waals surface area contributed by atoms with E-state index in [-0.39, 0.29) is 11.3 Å². The van der Waals surface area contributed by atoms with Crippen molar-refractivity contribution in [3.63, 3.8) is 0 Å². The molecule has 0 radical (unpaired) electrons. The van der Waals surface area contributed by atoms with E-state index < -0.39 is 0 Å². The van der Waals surface area contributed by atoms with Crippen LogP contribution in [-0.4, -0.2) is 44.4 Å². The van der Waals surface area contributed by atoms with Crippen molar-refractivity contribution in [3.8, 4) is 17.2 Å². The molecule has 1 atom stereocenters. The lowest BCUT2D eigenvalue weighted by Crippen LogP contribution is -2.30. The van der Waals surface area contributed by atoms with E-state index in [1.54, 1.807) is 45.2 Å². The highest BCUT2D eigenvalue weighted by atomic mass is 32.2. The van der Waals surface area contributed by atoms with Crippen LogP contribution >= 0.6 is 11.8 Å². The van der Waals surface area contributed by atoms with Gasteiger partial charge in [0, 0.05) is 17.9 Å². The summed E-state index contributed by atoms with van der Waals surface area (Å²) in [5.74, 6) is 2.90. The topological polar surface area (TPSA) is 48.0 Å². The number of amides is 1. The molecule has 2 aromatic rings. The summed E-state index contributed by atoms with van der Waals surface area (Å²) in [7, 11) is 4.84. The third kappa shape index (κ3) is 3.39. The van der Waals surface area contributed by atoms with Crippen LogP contribution in [0.2, 0.25) is 0 Å². The second-order valence-electron chi connectivity index (χ2n) is 5.53. The van der Waals surface area contributed by atoms with Crippen LogP contribution in [0.25, 0.3) is 0 Å². The molecular weight excluding hydrogens is 338 g/mol. The van der Waals surface area contributed by atoms with E-state index in [1.165, 1.54) is 0 Å². The number of nitrogens with zero attached hydrogens (tertiary/aromatic N) is 1. The Morgan fingerprint density at radius 3 is 2.52 bits per heavy atom. The largest absolute Gasteiger partial charge is 0.497 e. The summed E-state index contributed by atoms with van der Waals surface area (Å²) in [6.07, 6.45) is 0. The summed E-state index contributed by atoms with van der Waals surface area (Å²) >= 11 is 1.72. The molecule has 2 aromatic carbocycles. The number of benzene rings is 2. The fraction of sp³-hybridized carbons (Fsp3) is 0.316. The minimum absolute atomic E-state index is 0.0441. The summed E-state index contributed by atoms with van der Waals surface area (Å²) in [6, 6.07) is 13.0. The van der Waals surface area contributed by atoms with Gasteiger partial charge in [0.2, 0.25) is 0 Å². The van der Waals surface area contributed by atoms with Crippen LogP contribution in [0.4, 0.5) is 0 Å². The Hall–Kier alpha value is -2.34. The lowest BCUT2D eigenvalue weighted by Gasteiger charge is -2.26. The minimum Gasteiger partial charge on any atom is -0.497 e. The summed E-state index contributed by atoms with van der Waals surface area (Å²) in [4.78, 5) is 15.0. The molecular formula is C19H21NO4S. The Bertz CT molecular complexity index is 765. The maximum absolute atomic E-state index is 13.1. The van der Waals surface area contributed by atoms with Crippen molar-refractivity contribution < 1.29 is 19.0 Å². The summed E-state index contributed by atoms with van der Waals surface area (Å²) in [5.41, 5.74) is 1.51. The number of hydrogen-bond acceptors (Lipinski definition) is 5. The van der Waals surface area contributed by atoms with E-state index >= 15 is 0 Å². The molecule has 1 amide bonds. The number of methoxy groups -OCH3 is 3. The average Bonchev–Trinajstić information content (AvgIpc) is 3.16. The fourth-order valence-corrected chi connectivity index (χ4v) is 4.21. The molecule has 1 saturated heterocycles. The van der Waals surface area contributed by atoms with Crippen LogP contribution in [0.15, 0.2) is 42.5 Å². The van der Waals surface area contributed by atoms with Crippen LogP contribution in [0.1, 0.15) is 21.3 Å². The lowest BCUT2D eigenvalue weighted by molar-refractivity contribution is 0.0755. The molecule has 0 bridgehead atoms. The zero-order valence-electron chi connectivity index (χ0n) is 14.5. The first-order valence-electron chi connectivity index (χ1n) is 7.97. The van der Waals surface area contributed by atoms with Crippen molar-refractivity contribution in [1.82, 2.24) is 4.90 Å². The smallest absolute Gasteiger partial charge is 0.258 e. The number of hydrogen-bond donors (Lipinski definition) is 0. The molecule has 5 nitrogen and oxygen atoms in total. The Balaban J connectivity index is 1.97. The van der Waals surface area contributed by atoms with E-state index in [2.05, 4.69) is 0 Å². The van der Waals surface area contributed by atoms with Gasteiger partial charge in [-0.15, -0.1) is 11.8 Å². The maximum atomic E-state index is 13.1. The maximum Gasteiger partial charge on any atom is 0.258 e. The Labute approximate surface area is 151 Å². The highest BCUT2D eigenvalue weighted by Gasteiger charge is 2.34. The van der Waals surface area contributed by atoms with E-state index in [0.29, 0.717) is 17.9 Å². The number of carbonyl (C=O) groups excluding carboxylic acids is 1. The van der Waals surface area contributed by atoms with Gasteiger partial charge in [0.15, 0.2) is 0 Å². The monoisotopic (exact) mass is 359 g/mol. The number of rotatable bonds is 5. The third-order valence-electron chi connectivity index (χ3n) is 4.19. The third-order valence-corrected chi connectivity index (χ3v) is 5.43. The molecule has 25 heavy (non-hydrogen) atoms. The van der Waals surface area contributed by atoms with Gasteiger partial charge in [0.25, 0.3) is 5.91 Å². The number of para-hydroxylation sites is 1. The normalized spacial score (nSPS) is 16.6. The average molecular weight is 359 g/mol. The molecule has 0 saturated carbocycles. The predicted octanol–water partition coefficient (Wildman–Crippen LogP) is 3.60. The van der Waals surface area contributed by atoms with Crippen molar-refractivity contribution >= 4 is 17.7 Å². The van der Waals surface area contributed by atoms with Crippen LogP contribution < -0.4 is 14.2 Å². The molecule has 1 aliphatic rings. The molecule has 0 spiro atoms. The number of ether oxygens (including phenoxy) is 3. The van der Waals surface area contributed by atoms with Gasteiger partial charge in [-0.3, -0.25) is 4.79 Å². The van der Waals surface area contributed by atoms with E-state index in [4.69, 9.17) is 14.2 Å². The van der Waals surface area contributed by atoms with Gasteiger partial charge in [0.1, 0.15) is 22.6 Å². The molecule has 0 unspecified atom stereocenters. The first-order chi connectivity index (χ1) is 12.2.